The van der Waals surface area contributed by atoms with Crippen molar-refractivity contribution in [2.75, 3.05) is 5.32 Å². The summed E-state index contributed by atoms with van der Waals surface area (Å²) >= 11 is 0. The Kier molecular flexibility index (Phi) is 3.18. The van der Waals surface area contributed by atoms with Crippen LogP contribution in [0.2, 0.25) is 0 Å². The van der Waals surface area contributed by atoms with E-state index in [0.717, 1.165) is 28.6 Å². The number of hydrogen-bond donors (Lipinski definition) is 1. The summed E-state index contributed by atoms with van der Waals surface area (Å²) in [7, 11) is 1.99. The second-order valence-corrected chi connectivity index (χ2v) is 6.15. The first-order chi connectivity index (χ1) is 11.1. The van der Waals surface area contributed by atoms with E-state index in [1.54, 1.807) is 12.1 Å². The van der Waals surface area contributed by atoms with Crippen LogP contribution in [0.5, 0.6) is 0 Å². The molecule has 0 saturated heterocycles. The third-order valence-corrected chi connectivity index (χ3v) is 4.61. The van der Waals surface area contributed by atoms with E-state index < -0.39 is 0 Å². The van der Waals surface area contributed by atoms with Gasteiger partial charge in [0.15, 0.2) is 0 Å². The summed E-state index contributed by atoms with van der Waals surface area (Å²) in [6, 6.07) is 14.4. The molecule has 1 aliphatic rings. The Morgan fingerprint density at radius 2 is 1.96 bits per heavy atom. The zero-order chi connectivity index (χ0) is 16.0. The summed E-state index contributed by atoms with van der Waals surface area (Å²) in [5.41, 5.74) is 2.97. The van der Waals surface area contributed by atoms with Crippen molar-refractivity contribution in [3.05, 3.63) is 66.1 Å². The van der Waals surface area contributed by atoms with Crippen molar-refractivity contribution in [3.63, 3.8) is 0 Å². The highest BCUT2D eigenvalue weighted by Gasteiger charge is 2.43. The first kappa shape index (κ1) is 14.0. The number of benzene rings is 2. The number of amides is 1. The predicted molar refractivity (Wildman–Crippen MR) is 88.8 cm³/mol. The molecule has 0 bridgehead atoms. The summed E-state index contributed by atoms with van der Waals surface area (Å²) in [6.45, 7) is 0. The third-order valence-electron chi connectivity index (χ3n) is 4.61. The molecule has 0 spiro atoms. The molecule has 116 valence electrons. The molecule has 4 rings (SSSR count). The van der Waals surface area contributed by atoms with Gasteiger partial charge in [-0.05, 0) is 48.2 Å². The van der Waals surface area contributed by atoms with Crippen molar-refractivity contribution in [3.8, 4) is 0 Å². The van der Waals surface area contributed by atoms with Crippen molar-refractivity contribution < 1.29 is 9.18 Å². The highest BCUT2D eigenvalue weighted by atomic mass is 19.1. The number of carbonyl (C=O) groups excluding carboxylic acids is 1. The van der Waals surface area contributed by atoms with Crippen molar-refractivity contribution in [1.82, 2.24) is 4.57 Å². The van der Waals surface area contributed by atoms with Crippen LogP contribution in [0, 0.1) is 11.7 Å². The monoisotopic (exact) mass is 308 g/mol. The first-order valence-electron chi connectivity index (χ1n) is 7.74. The van der Waals surface area contributed by atoms with E-state index >= 15 is 0 Å². The third kappa shape index (κ3) is 2.50. The second kappa shape index (κ2) is 5.23. The molecular weight excluding hydrogens is 291 g/mol. The predicted octanol–water partition coefficient (Wildman–Crippen LogP) is 4.06. The molecule has 4 heteroatoms. The quantitative estimate of drug-likeness (QED) is 0.778. The van der Waals surface area contributed by atoms with Gasteiger partial charge in [-0.25, -0.2) is 4.39 Å². The van der Waals surface area contributed by atoms with Crippen LogP contribution in [0.1, 0.15) is 17.9 Å². The van der Waals surface area contributed by atoms with Crippen molar-refractivity contribution in [1.29, 1.82) is 0 Å². The molecule has 0 aliphatic heterocycles. The van der Waals surface area contributed by atoms with E-state index in [1.165, 1.54) is 12.1 Å². The Balaban J connectivity index is 1.51. The Labute approximate surface area is 133 Å². The highest BCUT2D eigenvalue weighted by Crippen LogP contribution is 2.48. The van der Waals surface area contributed by atoms with E-state index in [1.807, 2.05) is 42.1 Å². The van der Waals surface area contributed by atoms with Crippen molar-refractivity contribution in [2.45, 2.75) is 12.3 Å². The standard InChI is InChI=1S/C19H17FN2O/c1-22-10-9-14-17(3-2-4-18(14)22)21-19(23)16-11-15(16)12-5-7-13(20)8-6-12/h2-10,15-16H,11H2,1H3,(H,21,23). The van der Waals surface area contributed by atoms with Crippen LogP contribution in [-0.4, -0.2) is 10.5 Å². The molecule has 1 aromatic heterocycles. The van der Waals surface area contributed by atoms with Crippen molar-refractivity contribution >= 4 is 22.5 Å². The molecule has 1 saturated carbocycles. The van der Waals surface area contributed by atoms with Gasteiger partial charge >= 0.3 is 0 Å². The van der Waals surface area contributed by atoms with Gasteiger partial charge in [-0.2, -0.15) is 0 Å². The number of aryl methyl sites for hydroxylation is 1. The lowest BCUT2D eigenvalue weighted by atomic mass is 10.1. The van der Waals surface area contributed by atoms with Crippen LogP contribution in [0.15, 0.2) is 54.7 Å². The van der Waals surface area contributed by atoms with E-state index in [4.69, 9.17) is 0 Å². The van der Waals surface area contributed by atoms with Gasteiger partial charge in [0.05, 0.1) is 5.69 Å². The second-order valence-electron chi connectivity index (χ2n) is 6.15. The molecule has 2 aromatic carbocycles. The average molecular weight is 308 g/mol. The van der Waals surface area contributed by atoms with Crippen LogP contribution >= 0.6 is 0 Å². The van der Waals surface area contributed by atoms with E-state index in [9.17, 15) is 9.18 Å². The zero-order valence-electron chi connectivity index (χ0n) is 12.8. The lowest BCUT2D eigenvalue weighted by Gasteiger charge is -2.07. The van der Waals surface area contributed by atoms with Crippen LogP contribution in [0.25, 0.3) is 10.9 Å². The molecule has 3 nitrogen and oxygen atoms in total. The summed E-state index contributed by atoms with van der Waals surface area (Å²) in [6.07, 6.45) is 2.81. The molecule has 23 heavy (non-hydrogen) atoms. The molecule has 1 amide bonds. The summed E-state index contributed by atoms with van der Waals surface area (Å²) in [5.74, 6) is -0.0353. The first-order valence-corrected chi connectivity index (χ1v) is 7.74. The van der Waals surface area contributed by atoms with Crippen LogP contribution in [0.3, 0.4) is 0 Å². The molecule has 0 radical (unpaired) electrons. The minimum Gasteiger partial charge on any atom is -0.350 e. The Hall–Kier alpha value is -2.62. The van der Waals surface area contributed by atoms with Gasteiger partial charge in [-0.15, -0.1) is 0 Å². The van der Waals surface area contributed by atoms with Crippen molar-refractivity contribution in [2.24, 2.45) is 13.0 Å². The fraction of sp³-hybridized carbons (Fsp3) is 0.211. The normalized spacial score (nSPS) is 19.7. The van der Waals surface area contributed by atoms with Gasteiger partial charge in [-0.1, -0.05) is 18.2 Å². The lowest BCUT2D eigenvalue weighted by Crippen LogP contribution is -2.14. The molecule has 2 unspecified atom stereocenters. The van der Waals surface area contributed by atoms with Gasteiger partial charge in [-0.3, -0.25) is 4.79 Å². The van der Waals surface area contributed by atoms with Gasteiger partial charge in [0.25, 0.3) is 0 Å². The number of halogens is 1. The maximum absolute atomic E-state index is 13.0. The maximum atomic E-state index is 13.0. The molecule has 1 aliphatic carbocycles. The smallest absolute Gasteiger partial charge is 0.228 e. The number of nitrogens with zero attached hydrogens (tertiary/aromatic N) is 1. The highest BCUT2D eigenvalue weighted by molar-refractivity contribution is 6.03. The minimum absolute atomic E-state index is 0.0283. The van der Waals surface area contributed by atoms with E-state index in [-0.39, 0.29) is 23.6 Å². The number of aromatic nitrogens is 1. The SMILES string of the molecule is Cn1ccc2c(NC(=O)C3CC3c3ccc(F)cc3)cccc21. The number of rotatable bonds is 3. The molecular formula is C19H17FN2O. The van der Waals surface area contributed by atoms with Gasteiger partial charge in [0.2, 0.25) is 5.91 Å². The molecule has 1 heterocycles. The van der Waals surface area contributed by atoms with Gasteiger partial charge in [0.1, 0.15) is 5.82 Å². The summed E-state index contributed by atoms with van der Waals surface area (Å²) in [5, 5.41) is 4.09. The van der Waals surface area contributed by atoms with Gasteiger partial charge in [0, 0.05) is 30.1 Å². The molecule has 1 N–H and O–H groups in total. The fourth-order valence-corrected chi connectivity index (χ4v) is 3.20. The lowest BCUT2D eigenvalue weighted by molar-refractivity contribution is -0.117. The van der Waals surface area contributed by atoms with Crippen LogP contribution < -0.4 is 5.32 Å². The molecule has 2 atom stereocenters. The number of carbonyl (C=O) groups is 1. The van der Waals surface area contributed by atoms with Crippen LogP contribution in [0.4, 0.5) is 10.1 Å². The number of hydrogen-bond acceptors (Lipinski definition) is 1. The zero-order valence-corrected chi connectivity index (χ0v) is 12.8. The Bertz CT molecular complexity index is 882. The summed E-state index contributed by atoms with van der Waals surface area (Å²) in [4.78, 5) is 12.5. The fourth-order valence-electron chi connectivity index (χ4n) is 3.20. The molecule has 3 aromatic rings. The average Bonchev–Trinajstić information content (AvgIpc) is 3.26. The Morgan fingerprint density at radius 1 is 1.17 bits per heavy atom. The number of nitrogens with one attached hydrogen (secondary N) is 1. The topological polar surface area (TPSA) is 34.0 Å². The number of fused-ring (bicyclic) bond motifs is 1. The van der Waals surface area contributed by atoms with E-state index in [0.29, 0.717) is 0 Å². The Morgan fingerprint density at radius 3 is 2.74 bits per heavy atom. The van der Waals surface area contributed by atoms with E-state index in [2.05, 4.69) is 5.32 Å². The minimum atomic E-state index is -0.244. The maximum Gasteiger partial charge on any atom is 0.228 e. The largest absolute Gasteiger partial charge is 0.350 e. The summed E-state index contributed by atoms with van der Waals surface area (Å²) < 4.78 is 15.0. The van der Waals surface area contributed by atoms with Crippen LogP contribution in [-0.2, 0) is 11.8 Å². The number of anilines is 1. The molecule has 1 fully saturated rings. The van der Waals surface area contributed by atoms with Gasteiger partial charge < -0.3 is 9.88 Å².